The Bertz CT molecular complexity index is 324. The minimum Gasteiger partial charge on any atom is -0.385 e. The number of aliphatic hydroxyl groups excluding tert-OH is 1. The number of unbranched alkanes of at least 4 members (excludes halogenated alkanes) is 7. The molecule has 0 saturated carbocycles. The highest BCUT2D eigenvalue weighted by Crippen LogP contribution is 2.17. The van der Waals surface area contributed by atoms with Crippen LogP contribution in [0.3, 0.4) is 0 Å². The summed E-state index contributed by atoms with van der Waals surface area (Å²) in [6, 6.07) is 0. The van der Waals surface area contributed by atoms with Crippen LogP contribution in [0.2, 0.25) is 0 Å². The average molecular weight is 264 g/mol. The lowest BCUT2D eigenvalue weighted by molar-refractivity contribution is 0.153. The molecule has 0 aromatic carbocycles. The maximum Gasteiger partial charge on any atom is 0.156 e. The lowest BCUT2D eigenvalue weighted by atomic mass is 10.1. The monoisotopic (exact) mass is 264 g/mol. The van der Waals surface area contributed by atoms with Crippen molar-refractivity contribution in [2.24, 2.45) is 0 Å². The molecule has 0 bridgehead atoms. The fraction of sp³-hybridized carbons (Fsp3) is 0.750. The van der Waals surface area contributed by atoms with Gasteiger partial charge in [-0.1, -0.05) is 58.3 Å². The molecule has 1 atom stereocenters. The van der Waals surface area contributed by atoms with Gasteiger partial charge in [-0.2, -0.15) is 0 Å². The first kappa shape index (κ1) is 16.1. The van der Waals surface area contributed by atoms with Crippen molar-refractivity contribution in [3.8, 4) is 0 Å². The highest BCUT2D eigenvalue weighted by Gasteiger charge is 2.09. The highest BCUT2D eigenvalue weighted by molar-refractivity contribution is 5.03. The maximum absolute atomic E-state index is 9.96. The second-order valence-electron chi connectivity index (χ2n) is 5.40. The molecule has 3 heteroatoms. The third-order valence-electron chi connectivity index (χ3n) is 3.43. The van der Waals surface area contributed by atoms with Crippen LogP contribution in [0.25, 0.3) is 0 Å². The van der Waals surface area contributed by atoms with Crippen molar-refractivity contribution in [1.82, 2.24) is 9.97 Å². The predicted octanol–water partition coefficient (Wildman–Crippen LogP) is 4.35. The lowest BCUT2D eigenvalue weighted by Gasteiger charge is -2.09. The van der Waals surface area contributed by atoms with Gasteiger partial charge in [-0.05, 0) is 18.9 Å². The van der Waals surface area contributed by atoms with Gasteiger partial charge in [0.25, 0.3) is 0 Å². The molecule has 0 fully saturated rings. The van der Waals surface area contributed by atoms with Crippen molar-refractivity contribution in [3.63, 3.8) is 0 Å². The molecule has 1 rings (SSSR count). The standard InChI is InChI=1S/C16H28N2O/c1-3-4-5-6-7-8-9-10-11-15(19)16-17-12-14(2)13-18-16/h12-13,15,19H,3-11H2,1-2H3. The summed E-state index contributed by atoms with van der Waals surface area (Å²) in [5.41, 5.74) is 1.03. The van der Waals surface area contributed by atoms with Gasteiger partial charge in [-0.15, -0.1) is 0 Å². The molecule has 0 aliphatic rings. The summed E-state index contributed by atoms with van der Waals surface area (Å²) < 4.78 is 0. The highest BCUT2D eigenvalue weighted by atomic mass is 16.3. The second-order valence-corrected chi connectivity index (χ2v) is 5.40. The van der Waals surface area contributed by atoms with Crippen LogP contribution in [0, 0.1) is 6.92 Å². The van der Waals surface area contributed by atoms with E-state index in [9.17, 15) is 5.11 Å². The lowest BCUT2D eigenvalue weighted by Crippen LogP contribution is -2.03. The third-order valence-corrected chi connectivity index (χ3v) is 3.43. The summed E-state index contributed by atoms with van der Waals surface area (Å²) >= 11 is 0. The van der Waals surface area contributed by atoms with Crippen LogP contribution in [-0.4, -0.2) is 15.1 Å². The fourth-order valence-corrected chi connectivity index (χ4v) is 2.18. The largest absolute Gasteiger partial charge is 0.385 e. The first-order valence-electron chi connectivity index (χ1n) is 7.70. The molecular weight excluding hydrogens is 236 g/mol. The Balaban J connectivity index is 2.04. The van der Waals surface area contributed by atoms with Crippen molar-refractivity contribution in [2.45, 2.75) is 77.7 Å². The van der Waals surface area contributed by atoms with E-state index in [4.69, 9.17) is 0 Å². The van der Waals surface area contributed by atoms with E-state index < -0.39 is 6.10 Å². The summed E-state index contributed by atoms with van der Waals surface area (Å²) in [6.45, 7) is 4.20. The van der Waals surface area contributed by atoms with Crippen LogP contribution in [0.4, 0.5) is 0 Å². The van der Waals surface area contributed by atoms with Crippen molar-refractivity contribution in [3.05, 3.63) is 23.8 Å². The van der Waals surface area contributed by atoms with Crippen molar-refractivity contribution < 1.29 is 5.11 Å². The molecule has 3 nitrogen and oxygen atoms in total. The Labute approximate surface area is 117 Å². The van der Waals surface area contributed by atoms with Gasteiger partial charge >= 0.3 is 0 Å². The van der Waals surface area contributed by atoms with E-state index >= 15 is 0 Å². The van der Waals surface area contributed by atoms with Gasteiger partial charge in [0, 0.05) is 12.4 Å². The van der Waals surface area contributed by atoms with Crippen LogP contribution in [0.15, 0.2) is 12.4 Å². The Hall–Kier alpha value is -0.960. The topological polar surface area (TPSA) is 46.0 Å². The Morgan fingerprint density at radius 2 is 1.47 bits per heavy atom. The molecule has 0 saturated heterocycles. The maximum atomic E-state index is 9.96. The van der Waals surface area contributed by atoms with Gasteiger partial charge < -0.3 is 5.11 Å². The summed E-state index contributed by atoms with van der Waals surface area (Å²) in [6.07, 6.45) is 14.1. The van der Waals surface area contributed by atoms with Gasteiger partial charge in [0.05, 0.1) is 0 Å². The minimum atomic E-state index is -0.499. The molecule has 0 amide bonds. The van der Waals surface area contributed by atoms with E-state index in [1.807, 2.05) is 6.92 Å². The molecule has 1 aromatic heterocycles. The first-order valence-corrected chi connectivity index (χ1v) is 7.70. The van der Waals surface area contributed by atoms with Gasteiger partial charge in [-0.25, -0.2) is 9.97 Å². The number of hydrogen-bond acceptors (Lipinski definition) is 3. The Morgan fingerprint density at radius 1 is 0.947 bits per heavy atom. The summed E-state index contributed by atoms with van der Waals surface area (Å²) in [5, 5.41) is 9.96. The molecule has 1 aromatic rings. The van der Waals surface area contributed by atoms with Crippen LogP contribution < -0.4 is 0 Å². The van der Waals surface area contributed by atoms with Crippen molar-refractivity contribution in [2.75, 3.05) is 0 Å². The third kappa shape index (κ3) is 7.26. The number of rotatable bonds is 10. The van der Waals surface area contributed by atoms with Gasteiger partial charge in [-0.3, -0.25) is 0 Å². The van der Waals surface area contributed by atoms with Crippen LogP contribution in [-0.2, 0) is 0 Å². The molecule has 108 valence electrons. The second kappa shape index (κ2) is 9.90. The van der Waals surface area contributed by atoms with E-state index in [1.165, 1.54) is 44.9 Å². The van der Waals surface area contributed by atoms with Crippen molar-refractivity contribution >= 4 is 0 Å². The molecule has 1 unspecified atom stereocenters. The summed E-state index contributed by atoms with van der Waals surface area (Å²) in [7, 11) is 0. The zero-order chi connectivity index (χ0) is 13.9. The van der Waals surface area contributed by atoms with Crippen LogP contribution in [0.5, 0.6) is 0 Å². The van der Waals surface area contributed by atoms with Crippen molar-refractivity contribution in [1.29, 1.82) is 0 Å². The van der Waals surface area contributed by atoms with Crippen LogP contribution >= 0.6 is 0 Å². The SMILES string of the molecule is CCCCCCCCCCC(O)c1ncc(C)cn1. The molecule has 0 aliphatic carbocycles. The number of aryl methyl sites for hydroxylation is 1. The van der Waals surface area contributed by atoms with E-state index in [-0.39, 0.29) is 0 Å². The van der Waals surface area contributed by atoms with Gasteiger partial charge in [0.15, 0.2) is 5.82 Å². The fourth-order valence-electron chi connectivity index (χ4n) is 2.18. The van der Waals surface area contributed by atoms with Gasteiger partial charge in [0.1, 0.15) is 6.10 Å². The zero-order valence-corrected chi connectivity index (χ0v) is 12.4. The van der Waals surface area contributed by atoms with Crippen LogP contribution in [0.1, 0.15) is 82.2 Å². The average Bonchev–Trinajstić information content (AvgIpc) is 2.42. The molecular formula is C16H28N2O. The number of nitrogens with zero attached hydrogens (tertiary/aromatic N) is 2. The minimum absolute atomic E-state index is 0.499. The Morgan fingerprint density at radius 3 is 2.05 bits per heavy atom. The molecule has 0 aliphatic heterocycles. The van der Waals surface area contributed by atoms with Gasteiger partial charge in [0.2, 0.25) is 0 Å². The molecule has 1 heterocycles. The van der Waals surface area contributed by atoms with E-state index in [1.54, 1.807) is 12.4 Å². The number of hydrogen-bond donors (Lipinski definition) is 1. The molecule has 1 N–H and O–H groups in total. The number of aromatic nitrogens is 2. The normalized spacial score (nSPS) is 12.6. The Kier molecular flexibility index (Phi) is 8.39. The van der Waals surface area contributed by atoms with E-state index in [0.29, 0.717) is 5.82 Å². The smallest absolute Gasteiger partial charge is 0.156 e. The molecule has 0 radical (unpaired) electrons. The predicted molar refractivity (Wildman–Crippen MR) is 79.0 cm³/mol. The first-order chi connectivity index (χ1) is 9.24. The number of aliphatic hydroxyl groups is 1. The zero-order valence-electron chi connectivity index (χ0n) is 12.4. The van der Waals surface area contributed by atoms with E-state index in [2.05, 4.69) is 16.9 Å². The quantitative estimate of drug-likeness (QED) is 0.639. The summed E-state index contributed by atoms with van der Waals surface area (Å²) in [4.78, 5) is 8.33. The molecule has 19 heavy (non-hydrogen) atoms. The summed E-state index contributed by atoms with van der Waals surface area (Å²) in [5.74, 6) is 0.563. The van der Waals surface area contributed by atoms with E-state index in [0.717, 1.165) is 18.4 Å². The molecule has 0 spiro atoms.